The van der Waals surface area contributed by atoms with Crippen molar-refractivity contribution < 1.29 is 4.79 Å². The van der Waals surface area contributed by atoms with E-state index in [4.69, 9.17) is 0 Å². The van der Waals surface area contributed by atoms with Crippen LogP contribution in [0.1, 0.15) is 40.9 Å². The number of benzene rings is 2. The van der Waals surface area contributed by atoms with Gasteiger partial charge >= 0.3 is 0 Å². The molecule has 1 amide bonds. The highest BCUT2D eigenvalue weighted by Gasteiger charge is 2.37. The first-order chi connectivity index (χ1) is 10.8. The number of H-pyrrole nitrogens is 1. The molecule has 0 radical (unpaired) electrons. The Balaban J connectivity index is 1.93. The van der Waals surface area contributed by atoms with Gasteiger partial charge in [0.2, 0.25) is 0 Å². The van der Waals surface area contributed by atoms with Crippen LogP contribution in [0.15, 0.2) is 54.7 Å². The van der Waals surface area contributed by atoms with Gasteiger partial charge in [0.25, 0.3) is 5.91 Å². The number of hydrogen-bond acceptors (Lipinski definition) is 1. The molecule has 0 saturated heterocycles. The number of carbonyl (C=O) groups is 1. The Labute approximate surface area is 129 Å². The van der Waals surface area contributed by atoms with Gasteiger partial charge < -0.3 is 9.88 Å². The summed E-state index contributed by atoms with van der Waals surface area (Å²) in [5, 5.41) is 1.19. The highest BCUT2D eigenvalue weighted by Crippen LogP contribution is 2.40. The highest BCUT2D eigenvalue weighted by atomic mass is 16.2. The minimum atomic E-state index is 0.0137. The number of rotatable bonds is 3. The smallest absolute Gasteiger partial charge is 0.255 e. The molecule has 4 rings (SSSR count). The maximum atomic E-state index is 12.7. The number of aromatic amines is 1. The van der Waals surface area contributed by atoms with Crippen LogP contribution in [0.25, 0.3) is 10.9 Å². The second-order valence-electron chi connectivity index (χ2n) is 5.78. The zero-order valence-electron chi connectivity index (χ0n) is 12.5. The molecule has 22 heavy (non-hydrogen) atoms. The van der Waals surface area contributed by atoms with Crippen LogP contribution in [0.5, 0.6) is 0 Å². The molecule has 1 aliphatic heterocycles. The summed E-state index contributed by atoms with van der Waals surface area (Å²) in [6.45, 7) is 2.89. The van der Waals surface area contributed by atoms with Crippen LogP contribution in [0, 0.1) is 0 Å². The van der Waals surface area contributed by atoms with E-state index in [1.807, 2.05) is 41.4 Å². The van der Waals surface area contributed by atoms with Crippen molar-refractivity contribution in [3.8, 4) is 0 Å². The topological polar surface area (TPSA) is 36.1 Å². The predicted molar refractivity (Wildman–Crippen MR) is 87.9 cm³/mol. The average molecular weight is 290 g/mol. The van der Waals surface area contributed by atoms with Gasteiger partial charge in [-0.05, 0) is 24.1 Å². The summed E-state index contributed by atoms with van der Waals surface area (Å²) in [5.74, 6) is 0.146. The van der Waals surface area contributed by atoms with Crippen molar-refractivity contribution in [1.82, 2.24) is 9.88 Å². The first kappa shape index (κ1) is 13.1. The van der Waals surface area contributed by atoms with E-state index in [1.165, 1.54) is 10.9 Å². The van der Waals surface area contributed by atoms with Crippen LogP contribution >= 0.6 is 0 Å². The van der Waals surface area contributed by atoms with E-state index in [9.17, 15) is 4.79 Å². The molecule has 0 fully saturated rings. The van der Waals surface area contributed by atoms with Gasteiger partial charge in [-0.25, -0.2) is 0 Å². The maximum absolute atomic E-state index is 12.7. The number of para-hydroxylation sites is 1. The standard InChI is InChI=1S/C19H18N2O/c1-2-11-21-18(14-8-3-4-9-15(14)19(21)22)16-12-20-17-10-6-5-7-13(16)17/h3-10,12,18,20H,2,11H2,1H3/t18-/m0/s1. The van der Waals surface area contributed by atoms with E-state index in [-0.39, 0.29) is 11.9 Å². The van der Waals surface area contributed by atoms with Crippen molar-refractivity contribution in [1.29, 1.82) is 0 Å². The van der Waals surface area contributed by atoms with Crippen LogP contribution in [0.3, 0.4) is 0 Å². The Hall–Kier alpha value is -2.55. The molecule has 0 saturated carbocycles. The number of aromatic nitrogens is 1. The van der Waals surface area contributed by atoms with Crippen LogP contribution in [0.2, 0.25) is 0 Å². The van der Waals surface area contributed by atoms with Crippen molar-refractivity contribution in [3.05, 3.63) is 71.4 Å². The summed E-state index contributed by atoms with van der Waals surface area (Å²) in [6.07, 6.45) is 3.01. The Morgan fingerprint density at radius 2 is 1.82 bits per heavy atom. The molecule has 3 heteroatoms. The minimum Gasteiger partial charge on any atom is -0.361 e. The summed E-state index contributed by atoms with van der Waals surface area (Å²) in [7, 11) is 0. The normalized spacial score (nSPS) is 17.2. The Bertz CT molecular complexity index is 849. The molecule has 0 unspecified atom stereocenters. The molecule has 2 aromatic carbocycles. The molecule has 0 aliphatic carbocycles. The van der Waals surface area contributed by atoms with Gasteiger partial charge in [0.05, 0.1) is 6.04 Å². The van der Waals surface area contributed by atoms with E-state index < -0.39 is 0 Å². The summed E-state index contributed by atoms with van der Waals surface area (Å²) in [5.41, 5.74) is 4.25. The third kappa shape index (κ3) is 1.78. The fourth-order valence-corrected chi connectivity index (χ4v) is 3.50. The van der Waals surface area contributed by atoms with Crippen LogP contribution in [-0.4, -0.2) is 22.3 Å². The molecular weight excluding hydrogens is 272 g/mol. The van der Waals surface area contributed by atoms with Crippen molar-refractivity contribution in [2.75, 3.05) is 6.54 Å². The summed E-state index contributed by atoms with van der Waals surface area (Å²) < 4.78 is 0. The lowest BCUT2D eigenvalue weighted by Crippen LogP contribution is -2.29. The largest absolute Gasteiger partial charge is 0.361 e. The third-order valence-electron chi connectivity index (χ3n) is 4.44. The van der Waals surface area contributed by atoms with E-state index in [1.54, 1.807) is 0 Å². The average Bonchev–Trinajstić information content (AvgIpc) is 3.09. The van der Waals surface area contributed by atoms with Gasteiger partial charge in [-0.1, -0.05) is 43.3 Å². The van der Waals surface area contributed by atoms with E-state index in [0.29, 0.717) is 0 Å². The summed E-state index contributed by atoms with van der Waals surface area (Å²) in [6, 6.07) is 16.3. The molecule has 1 aromatic heterocycles. The Kier molecular flexibility index (Phi) is 3.00. The molecule has 2 heterocycles. The fourth-order valence-electron chi connectivity index (χ4n) is 3.50. The lowest BCUT2D eigenvalue weighted by Gasteiger charge is -2.24. The number of fused-ring (bicyclic) bond motifs is 2. The van der Waals surface area contributed by atoms with Crippen LogP contribution in [0.4, 0.5) is 0 Å². The van der Waals surface area contributed by atoms with E-state index in [0.717, 1.165) is 29.6 Å². The third-order valence-corrected chi connectivity index (χ3v) is 4.44. The SMILES string of the molecule is CCCN1C(=O)c2ccccc2[C@H]1c1c[nH]c2ccccc12. The summed E-state index contributed by atoms with van der Waals surface area (Å²) >= 11 is 0. The van der Waals surface area contributed by atoms with Crippen LogP contribution in [-0.2, 0) is 0 Å². The highest BCUT2D eigenvalue weighted by molar-refractivity contribution is 6.00. The molecule has 0 spiro atoms. The van der Waals surface area contributed by atoms with Gasteiger partial charge in [0.15, 0.2) is 0 Å². The molecule has 3 aromatic rings. The number of nitrogens with zero attached hydrogens (tertiary/aromatic N) is 1. The Morgan fingerprint density at radius 3 is 2.68 bits per heavy atom. The van der Waals surface area contributed by atoms with Gasteiger partial charge in [0, 0.05) is 34.8 Å². The number of nitrogens with one attached hydrogen (secondary N) is 1. The second-order valence-corrected chi connectivity index (χ2v) is 5.78. The van der Waals surface area contributed by atoms with Crippen LogP contribution < -0.4 is 0 Å². The minimum absolute atomic E-state index is 0.0137. The first-order valence-electron chi connectivity index (χ1n) is 7.77. The zero-order valence-corrected chi connectivity index (χ0v) is 12.5. The van der Waals surface area contributed by atoms with E-state index >= 15 is 0 Å². The molecule has 1 aliphatic rings. The Morgan fingerprint density at radius 1 is 1.05 bits per heavy atom. The molecule has 1 N–H and O–H groups in total. The van der Waals surface area contributed by atoms with Gasteiger partial charge in [-0.2, -0.15) is 0 Å². The maximum Gasteiger partial charge on any atom is 0.255 e. The van der Waals surface area contributed by atoms with Crippen molar-refractivity contribution in [2.24, 2.45) is 0 Å². The first-order valence-corrected chi connectivity index (χ1v) is 7.77. The zero-order chi connectivity index (χ0) is 15.1. The molecular formula is C19H18N2O. The number of hydrogen-bond donors (Lipinski definition) is 1. The lowest BCUT2D eigenvalue weighted by atomic mass is 9.97. The fraction of sp³-hybridized carbons (Fsp3) is 0.211. The number of amides is 1. The van der Waals surface area contributed by atoms with Gasteiger partial charge in [-0.3, -0.25) is 4.79 Å². The van der Waals surface area contributed by atoms with Crippen molar-refractivity contribution in [3.63, 3.8) is 0 Å². The van der Waals surface area contributed by atoms with Gasteiger partial charge in [-0.15, -0.1) is 0 Å². The van der Waals surface area contributed by atoms with Crippen molar-refractivity contribution in [2.45, 2.75) is 19.4 Å². The van der Waals surface area contributed by atoms with Crippen molar-refractivity contribution >= 4 is 16.8 Å². The molecule has 3 nitrogen and oxygen atoms in total. The van der Waals surface area contributed by atoms with E-state index in [2.05, 4.69) is 30.1 Å². The van der Waals surface area contributed by atoms with Gasteiger partial charge in [0.1, 0.15) is 0 Å². The predicted octanol–water partition coefficient (Wildman–Crippen LogP) is 4.12. The monoisotopic (exact) mass is 290 g/mol. The summed E-state index contributed by atoms with van der Waals surface area (Å²) in [4.78, 5) is 18.1. The lowest BCUT2D eigenvalue weighted by molar-refractivity contribution is 0.0750. The quantitative estimate of drug-likeness (QED) is 0.773. The molecule has 0 bridgehead atoms. The number of carbonyl (C=O) groups excluding carboxylic acids is 1. The molecule has 1 atom stereocenters. The molecule has 110 valence electrons. The second kappa shape index (κ2) is 5.02.